The summed E-state index contributed by atoms with van der Waals surface area (Å²) in [5.41, 5.74) is 0.937. The van der Waals surface area contributed by atoms with Gasteiger partial charge in [-0.25, -0.2) is 0 Å². The van der Waals surface area contributed by atoms with Crippen LogP contribution in [0.3, 0.4) is 0 Å². The van der Waals surface area contributed by atoms with Gasteiger partial charge >= 0.3 is 0 Å². The van der Waals surface area contributed by atoms with E-state index >= 15 is 0 Å². The summed E-state index contributed by atoms with van der Waals surface area (Å²) in [6, 6.07) is 0.678. The van der Waals surface area contributed by atoms with E-state index in [-0.39, 0.29) is 0 Å². The summed E-state index contributed by atoms with van der Waals surface area (Å²) in [4.78, 5) is 0. The molecule has 1 saturated carbocycles. The van der Waals surface area contributed by atoms with Gasteiger partial charge in [0.05, 0.1) is 0 Å². The first-order chi connectivity index (χ1) is 6.41. The van der Waals surface area contributed by atoms with Gasteiger partial charge in [-0.1, -0.05) is 20.8 Å². The quantitative estimate of drug-likeness (QED) is 0.619. The summed E-state index contributed by atoms with van der Waals surface area (Å²) in [6.45, 7) is 8.32. The number of halogens is 1. The molecule has 0 heterocycles. The predicted molar refractivity (Wildman–Crippen MR) is 70.6 cm³/mol. The van der Waals surface area contributed by atoms with Crippen LogP contribution in [-0.2, 0) is 0 Å². The molecule has 2 nitrogen and oxygen atoms in total. The second kappa shape index (κ2) is 4.66. The number of rotatable bonds is 3. The molecule has 0 bridgehead atoms. The molecule has 3 heteroatoms. The molecule has 0 aromatic heterocycles. The maximum absolute atomic E-state index is 3.42. The van der Waals surface area contributed by atoms with Gasteiger partial charge < -0.3 is 5.32 Å². The Hall–Kier alpha value is 0.650. The third kappa shape index (κ3) is 3.35. The highest BCUT2D eigenvalue weighted by atomic mass is 127. The van der Waals surface area contributed by atoms with E-state index < -0.39 is 0 Å². The minimum Gasteiger partial charge on any atom is -0.319 e. The zero-order valence-electron chi connectivity index (χ0n) is 9.78. The second-order valence-corrected chi connectivity index (χ2v) is 6.52. The highest BCUT2D eigenvalue weighted by Crippen LogP contribution is 2.45. The molecule has 84 valence electrons. The van der Waals surface area contributed by atoms with Crippen molar-refractivity contribution in [2.24, 2.45) is 10.8 Å². The Kier molecular flexibility index (Phi) is 4.23. The van der Waals surface area contributed by atoms with E-state index in [0.717, 1.165) is 6.54 Å². The van der Waals surface area contributed by atoms with Crippen LogP contribution < -0.4 is 8.85 Å². The SMILES string of the molecule is CNCC1(C)CC(NI)CC(C)(C)C1. The van der Waals surface area contributed by atoms with Gasteiger partial charge in [0.2, 0.25) is 0 Å². The molecule has 14 heavy (non-hydrogen) atoms. The van der Waals surface area contributed by atoms with E-state index in [1.807, 2.05) is 0 Å². The maximum Gasteiger partial charge on any atom is 0.0174 e. The Morgan fingerprint density at radius 1 is 1.29 bits per heavy atom. The van der Waals surface area contributed by atoms with Crippen LogP contribution in [-0.4, -0.2) is 19.6 Å². The molecule has 0 spiro atoms. The average molecular weight is 310 g/mol. The van der Waals surface area contributed by atoms with Gasteiger partial charge in [-0.15, -0.1) is 0 Å². The van der Waals surface area contributed by atoms with Crippen molar-refractivity contribution in [3.63, 3.8) is 0 Å². The maximum atomic E-state index is 3.42. The third-order valence-corrected chi connectivity index (χ3v) is 4.08. The summed E-state index contributed by atoms with van der Waals surface area (Å²) in [5, 5.41) is 3.33. The van der Waals surface area contributed by atoms with Gasteiger partial charge in [-0.2, -0.15) is 0 Å². The lowest BCUT2D eigenvalue weighted by Gasteiger charge is -2.46. The minimum atomic E-state index is 0.458. The first-order valence-electron chi connectivity index (χ1n) is 5.42. The number of hydrogen-bond donors (Lipinski definition) is 2. The first-order valence-corrected chi connectivity index (χ1v) is 6.49. The Morgan fingerprint density at radius 3 is 2.43 bits per heavy atom. The molecule has 2 N–H and O–H groups in total. The summed E-state index contributed by atoms with van der Waals surface area (Å²) in [7, 11) is 2.05. The van der Waals surface area contributed by atoms with Gasteiger partial charge in [0, 0.05) is 35.5 Å². The van der Waals surface area contributed by atoms with Crippen LogP contribution in [0.5, 0.6) is 0 Å². The van der Waals surface area contributed by atoms with Crippen LogP contribution in [0.1, 0.15) is 40.0 Å². The van der Waals surface area contributed by atoms with Crippen molar-refractivity contribution < 1.29 is 0 Å². The zero-order chi connectivity index (χ0) is 10.8. The van der Waals surface area contributed by atoms with Crippen molar-refractivity contribution in [3.8, 4) is 0 Å². The fraction of sp³-hybridized carbons (Fsp3) is 1.00. The normalized spacial score (nSPS) is 37.1. The van der Waals surface area contributed by atoms with Crippen LogP contribution in [0.15, 0.2) is 0 Å². The van der Waals surface area contributed by atoms with E-state index in [9.17, 15) is 0 Å². The number of nitrogens with one attached hydrogen (secondary N) is 2. The zero-order valence-corrected chi connectivity index (χ0v) is 11.9. The first kappa shape index (κ1) is 12.7. The molecule has 1 aliphatic carbocycles. The molecule has 0 radical (unpaired) electrons. The van der Waals surface area contributed by atoms with E-state index in [0.29, 0.717) is 16.9 Å². The van der Waals surface area contributed by atoms with Gasteiger partial charge in [-0.05, 0) is 37.1 Å². The van der Waals surface area contributed by atoms with Gasteiger partial charge in [0.15, 0.2) is 0 Å². The molecule has 2 unspecified atom stereocenters. The van der Waals surface area contributed by atoms with E-state index in [1.54, 1.807) is 0 Å². The Morgan fingerprint density at radius 2 is 1.93 bits per heavy atom. The molecule has 0 amide bonds. The second-order valence-electron chi connectivity index (χ2n) is 5.90. The Bertz CT molecular complexity index is 194. The summed E-state index contributed by atoms with van der Waals surface area (Å²) in [6.07, 6.45) is 3.92. The Balaban J connectivity index is 2.69. The smallest absolute Gasteiger partial charge is 0.0174 e. The lowest BCUT2D eigenvalue weighted by molar-refractivity contribution is 0.0817. The largest absolute Gasteiger partial charge is 0.319 e. The fourth-order valence-corrected chi connectivity index (χ4v) is 3.71. The molecular weight excluding hydrogens is 287 g/mol. The molecule has 0 aromatic rings. The molecule has 1 aliphatic rings. The van der Waals surface area contributed by atoms with Crippen molar-refractivity contribution in [1.82, 2.24) is 8.85 Å². The van der Waals surface area contributed by atoms with Crippen LogP contribution >= 0.6 is 22.9 Å². The summed E-state index contributed by atoms with van der Waals surface area (Å²) in [5.74, 6) is 0. The highest BCUT2D eigenvalue weighted by molar-refractivity contribution is 14.1. The van der Waals surface area contributed by atoms with Crippen molar-refractivity contribution in [1.29, 1.82) is 0 Å². The standard InChI is InChI=1S/C11H23IN2/c1-10(2)5-9(14-12)6-11(3,7-10)8-13-4/h9,13-14H,5-8H2,1-4H3. The average Bonchev–Trinajstić information content (AvgIpc) is 2.00. The highest BCUT2D eigenvalue weighted by Gasteiger charge is 2.40. The molecule has 0 aromatic carbocycles. The van der Waals surface area contributed by atoms with Gasteiger partial charge in [-0.3, -0.25) is 3.53 Å². The van der Waals surface area contributed by atoms with Crippen molar-refractivity contribution >= 4 is 22.9 Å². The summed E-state index contributed by atoms with van der Waals surface area (Å²) >= 11 is 2.30. The lowest BCUT2D eigenvalue weighted by atomic mass is 9.63. The fourth-order valence-electron chi connectivity index (χ4n) is 3.27. The van der Waals surface area contributed by atoms with E-state index in [2.05, 4.69) is 59.5 Å². The van der Waals surface area contributed by atoms with Crippen LogP contribution in [0.25, 0.3) is 0 Å². The van der Waals surface area contributed by atoms with E-state index in [1.165, 1.54) is 19.3 Å². The third-order valence-electron chi connectivity index (χ3n) is 3.20. The minimum absolute atomic E-state index is 0.458. The van der Waals surface area contributed by atoms with Crippen LogP contribution in [0.2, 0.25) is 0 Å². The van der Waals surface area contributed by atoms with Crippen molar-refractivity contribution in [2.45, 2.75) is 46.1 Å². The summed E-state index contributed by atoms with van der Waals surface area (Å²) < 4.78 is 3.42. The molecule has 0 aliphatic heterocycles. The van der Waals surface area contributed by atoms with Crippen LogP contribution in [0, 0.1) is 10.8 Å². The molecule has 1 rings (SSSR count). The molecule has 2 atom stereocenters. The van der Waals surface area contributed by atoms with Crippen molar-refractivity contribution in [2.75, 3.05) is 13.6 Å². The van der Waals surface area contributed by atoms with E-state index in [4.69, 9.17) is 0 Å². The monoisotopic (exact) mass is 310 g/mol. The molecule has 1 fully saturated rings. The predicted octanol–water partition coefficient (Wildman–Crippen LogP) is 2.73. The Labute approximate surface area is 102 Å². The van der Waals surface area contributed by atoms with Crippen molar-refractivity contribution in [3.05, 3.63) is 0 Å². The van der Waals surface area contributed by atoms with Crippen LogP contribution in [0.4, 0.5) is 0 Å². The topological polar surface area (TPSA) is 24.1 Å². The molecule has 0 saturated heterocycles. The number of hydrogen-bond acceptors (Lipinski definition) is 2. The lowest BCUT2D eigenvalue weighted by Crippen LogP contribution is -2.46. The van der Waals surface area contributed by atoms with Gasteiger partial charge in [0.1, 0.15) is 0 Å². The van der Waals surface area contributed by atoms with Gasteiger partial charge in [0.25, 0.3) is 0 Å². The molecular formula is C11H23IN2.